The van der Waals surface area contributed by atoms with Gasteiger partial charge in [-0.2, -0.15) is 0 Å². The number of rotatable bonds is 5. The maximum Gasteiger partial charge on any atom is 0.300 e. The number of Topliss-reactive ketones (excluding diaryl/α,β-unsaturated/α-hetero) is 1. The van der Waals surface area contributed by atoms with Crippen molar-refractivity contribution in [2.45, 2.75) is 13.0 Å². The molecule has 1 aliphatic heterocycles. The van der Waals surface area contributed by atoms with E-state index < -0.39 is 17.7 Å². The summed E-state index contributed by atoms with van der Waals surface area (Å²) < 4.78 is 10.8. The molecule has 0 bridgehead atoms. The number of hydrogen-bond donors (Lipinski definition) is 2. The van der Waals surface area contributed by atoms with Gasteiger partial charge in [0.25, 0.3) is 11.7 Å². The van der Waals surface area contributed by atoms with Crippen LogP contribution in [0, 0.1) is 6.92 Å². The monoisotopic (exact) mass is 502 g/mol. The molecule has 0 aliphatic carbocycles. The molecule has 5 rings (SSSR count). The zero-order valence-electron chi connectivity index (χ0n) is 19.8. The van der Waals surface area contributed by atoms with Crippen molar-refractivity contribution in [1.29, 1.82) is 0 Å². The molecule has 1 unspecified atom stereocenters. The number of aromatic nitrogens is 1. The minimum atomic E-state index is -0.895. The SMILES string of the molecule is COc1cc(/C(O)=C2\C(=O)C(=O)N(c3ccccc3C)C2c2c[nH]c3ccccc23)c(OC)cc1Cl. The molecule has 1 saturated heterocycles. The Morgan fingerprint density at radius 2 is 1.69 bits per heavy atom. The molecule has 2 N–H and O–H groups in total. The van der Waals surface area contributed by atoms with E-state index in [4.69, 9.17) is 21.1 Å². The molecule has 1 aromatic heterocycles. The lowest BCUT2D eigenvalue weighted by Crippen LogP contribution is -2.30. The van der Waals surface area contributed by atoms with Crippen LogP contribution in [0.2, 0.25) is 5.02 Å². The second kappa shape index (κ2) is 9.09. The third kappa shape index (κ3) is 3.60. The quantitative estimate of drug-likeness (QED) is 0.205. The number of aliphatic hydroxyl groups excluding tert-OH is 1. The number of H-pyrrole nitrogens is 1. The van der Waals surface area contributed by atoms with Gasteiger partial charge in [-0.25, -0.2) is 0 Å². The van der Waals surface area contributed by atoms with Gasteiger partial charge in [0.15, 0.2) is 0 Å². The van der Waals surface area contributed by atoms with E-state index in [-0.39, 0.29) is 33.4 Å². The maximum absolute atomic E-state index is 13.6. The minimum absolute atomic E-state index is 0.0596. The molecule has 7 nitrogen and oxygen atoms in total. The molecule has 0 radical (unpaired) electrons. The number of amides is 1. The van der Waals surface area contributed by atoms with Crippen LogP contribution in [0.4, 0.5) is 5.69 Å². The number of hydrogen-bond acceptors (Lipinski definition) is 5. The van der Waals surface area contributed by atoms with E-state index in [1.54, 1.807) is 18.3 Å². The molecule has 0 spiro atoms. The van der Waals surface area contributed by atoms with E-state index in [1.165, 1.54) is 31.3 Å². The summed E-state index contributed by atoms with van der Waals surface area (Å²) in [5.41, 5.74) is 3.04. The lowest BCUT2D eigenvalue weighted by atomic mass is 9.94. The molecule has 4 aromatic rings. The lowest BCUT2D eigenvalue weighted by molar-refractivity contribution is -0.132. The van der Waals surface area contributed by atoms with Crippen LogP contribution in [0.1, 0.15) is 22.7 Å². The van der Waals surface area contributed by atoms with Gasteiger partial charge in [-0.3, -0.25) is 14.5 Å². The van der Waals surface area contributed by atoms with Crippen LogP contribution in [0.5, 0.6) is 11.5 Å². The molecule has 36 heavy (non-hydrogen) atoms. The fourth-order valence-corrected chi connectivity index (χ4v) is 4.95. The third-order valence-corrected chi connectivity index (χ3v) is 6.76. The normalized spacial score (nSPS) is 17.1. The number of nitrogens with one attached hydrogen (secondary N) is 1. The van der Waals surface area contributed by atoms with Crippen molar-refractivity contribution in [1.82, 2.24) is 4.98 Å². The second-order valence-corrected chi connectivity index (χ2v) is 8.84. The number of anilines is 1. The summed E-state index contributed by atoms with van der Waals surface area (Å²) in [6.07, 6.45) is 1.76. The van der Waals surface area contributed by atoms with E-state index in [9.17, 15) is 14.7 Å². The van der Waals surface area contributed by atoms with Crippen LogP contribution in [0.25, 0.3) is 16.7 Å². The molecule has 0 saturated carbocycles. The summed E-state index contributed by atoms with van der Waals surface area (Å²) in [6.45, 7) is 1.87. The first kappa shape index (κ1) is 23.5. The molecule has 8 heteroatoms. The smallest absolute Gasteiger partial charge is 0.300 e. The average Bonchev–Trinajstić information content (AvgIpc) is 3.42. The van der Waals surface area contributed by atoms with Crippen molar-refractivity contribution in [3.05, 3.63) is 94.1 Å². The Bertz CT molecular complexity index is 1550. The Labute approximate surface area is 212 Å². The number of nitrogens with zero attached hydrogens (tertiary/aromatic N) is 1. The summed E-state index contributed by atoms with van der Waals surface area (Å²) in [4.78, 5) is 31.7. The lowest BCUT2D eigenvalue weighted by Gasteiger charge is -2.26. The van der Waals surface area contributed by atoms with Crippen LogP contribution >= 0.6 is 11.6 Å². The number of aryl methyl sites for hydroxylation is 1. The fraction of sp³-hybridized carbons (Fsp3) is 0.143. The van der Waals surface area contributed by atoms with Gasteiger partial charge in [-0.15, -0.1) is 0 Å². The van der Waals surface area contributed by atoms with Gasteiger partial charge < -0.3 is 19.6 Å². The summed E-state index contributed by atoms with van der Waals surface area (Å²) in [5.74, 6) is -1.40. The summed E-state index contributed by atoms with van der Waals surface area (Å²) >= 11 is 6.26. The third-order valence-electron chi connectivity index (χ3n) is 6.46. The molecule has 1 aliphatic rings. The van der Waals surface area contributed by atoms with E-state index in [0.717, 1.165) is 16.5 Å². The Kier molecular flexibility index (Phi) is 5.94. The van der Waals surface area contributed by atoms with E-state index in [2.05, 4.69) is 4.98 Å². The van der Waals surface area contributed by atoms with Crippen molar-refractivity contribution >= 4 is 45.6 Å². The molecule has 1 fully saturated rings. The Morgan fingerprint density at radius 1 is 1.00 bits per heavy atom. The number of halogens is 1. The van der Waals surface area contributed by atoms with Crippen LogP contribution in [0.3, 0.4) is 0 Å². The Morgan fingerprint density at radius 3 is 2.42 bits per heavy atom. The highest BCUT2D eigenvalue weighted by molar-refractivity contribution is 6.52. The number of aromatic amines is 1. The van der Waals surface area contributed by atoms with Gasteiger partial charge in [-0.05, 0) is 30.7 Å². The maximum atomic E-state index is 13.6. The van der Waals surface area contributed by atoms with Gasteiger partial charge in [-0.1, -0.05) is 48.0 Å². The van der Waals surface area contributed by atoms with Gasteiger partial charge in [0.2, 0.25) is 0 Å². The molecule has 1 atom stereocenters. The first-order chi connectivity index (χ1) is 17.4. The standard InChI is InChI=1S/C28H23ClN2O5/c1-15-8-4-7-11-21(15)31-25(18-14-30-20-10-6-5-9-16(18)20)24(27(33)28(31)34)26(32)17-12-23(36-3)19(29)13-22(17)35-2/h4-14,25,30,32H,1-3H3/b26-24+. The van der Waals surface area contributed by atoms with Crippen molar-refractivity contribution in [2.24, 2.45) is 0 Å². The zero-order valence-corrected chi connectivity index (χ0v) is 20.6. The second-order valence-electron chi connectivity index (χ2n) is 8.43. The zero-order chi connectivity index (χ0) is 25.6. The first-order valence-electron chi connectivity index (χ1n) is 11.2. The van der Waals surface area contributed by atoms with Crippen molar-refractivity contribution in [2.75, 3.05) is 19.1 Å². The summed E-state index contributed by atoms with van der Waals surface area (Å²) in [7, 11) is 2.87. The average molecular weight is 503 g/mol. The number of methoxy groups -OCH3 is 2. The minimum Gasteiger partial charge on any atom is -0.507 e. The number of fused-ring (bicyclic) bond motifs is 1. The van der Waals surface area contributed by atoms with Crippen molar-refractivity contribution in [3.63, 3.8) is 0 Å². The first-order valence-corrected chi connectivity index (χ1v) is 11.6. The van der Waals surface area contributed by atoms with Crippen LogP contribution in [0.15, 0.2) is 72.4 Å². The molecular formula is C28H23ClN2O5. The fourth-order valence-electron chi connectivity index (χ4n) is 4.72. The predicted molar refractivity (Wildman–Crippen MR) is 139 cm³/mol. The Hall–Kier alpha value is -4.23. The highest BCUT2D eigenvalue weighted by Crippen LogP contribution is 2.46. The van der Waals surface area contributed by atoms with Crippen LogP contribution < -0.4 is 14.4 Å². The van der Waals surface area contributed by atoms with Gasteiger partial charge in [0, 0.05) is 34.4 Å². The molecule has 182 valence electrons. The van der Waals surface area contributed by atoms with Gasteiger partial charge >= 0.3 is 0 Å². The molecule has 3 aromatic carbocycles. The largest absolute Gasteiger partial charge is 0.507 e. The van der Waals surface area contributed by atoms with Crippen LogP contribution in [-0.4, -0.2) is 36.0 Å². The summed E-state index contributed by atoms with van der Waals surface area (Å²) in [5, 5.41) is 12.7. The van der Waals surface area contributed by atoms with Crippen LogP contribution in [-0.2, 0) is 9.59 Å². The number of ether oxygens (including phenoxy) is 2. The Balaban J connectivity index is 1.83. The van der Waals surface area contributed by atoms with Gasteiger partial charge in [0.05, 0.1) is 36.4 Å². The number of carbonyl (C=O) groups is 2. The topological polar surface area (TPSA) is 91.9 Å². The summed E-state index contributed by atoms with van der Waals surface area (Å²) in [6, 6.07) is 17.0. The van der Waals surface area contributed by atoms with E-state index in [1.807, 2.05) is 43.3 Å². The highest BCUT2D eigenvalue weighted by Gasteiger charge is 2.48. The molecule has 2 heterocycles. The van der Waals surface area contributed by atoms with E-state index >= 15 is 0 Å². The van der Waals surface area contributed by atoms with Gasteiger partial charge in [0.1, 0.15) is 17.3 Å². The molecule has 1 amide bonds. The van der Waals surface area contributed by atoms with E-state index in [0.29, 0.717) is 11.3 Å². The number of para-hydroxylation sites is 2. The number of aliphatic hydroxyl groups is 1. The highest BCUT2D eigenvalue weighted by atomic mass is 35.5. The number of ketones is 1. The molecular weight excluding hydrogens is 480 g/mol. The number of carbonyl (C=O) groups excluding carboxylic acids is 2. The van der Waals surface area contributed by atoms with Crippen molar-refractivity contribution < 1.29 is 24.2 Å². The predicted octanol–water partition coefficient (Wildman–Crippen LogP) is 5.77. The van der Waals surface area contributed by atoms with Crippen molar-refractivity contribution in [3.8, 4) is 11.5 Å². The number of benzene rings is 3.